The first-order valence-electron chi connectivity index (χ1n) is 13.7. The van der Waals surface area contributed by atoms with Gasteiger partial charge in [-0.2, -0.15) is 5.10 Å². The molecule has 3 heterocycles. The number of fused-ring (bicyclic) bond motifs is 1. The molecule has 0 fully saturated rings. The van der Waals surface area contributed by atoms with Crippen LogP contribution in [0, 0.1) is 0 Å². The summed E-state index contributed by atoms with van der Waals surface area (Å²) in [7, 11) is 1.55. The maximum atomic E-state index is 13.4. The zero-order valence-electron chi connectivity index (χ0n) is 23.1. The highest BCUT2D eigenvalue weighted by molar-refractivity contribution is 9.10. The minimum Gasteiger partial charge on any atom is -0.493 e. The largest absolute Gasteiger partial charge is 0.493 e. The Hall–Kier alpha value is -5.27. The van der Waals surface area contributed by atoms with Crippen LogP contribution in [0.5, 0.6) is 5.75 Å². The minimum atomic E-state index is -0.494. The first kappa shape index (κ1) is 26.6. The van der Waals surface area contributed by atoms with Gasteiger partial charge in [-0.1, -0.05) is 88.7 Å². The standard InChI is InChI=1S/C36H24BrN3O3/c1-42-33-14-8-11-25-19-29(36(41)43-35(25)33)32-21-26(20-31(38-32)23-15-17-27(37)18-16-23)30-22-40(28-12-6-3-7-13-28)39-34(30)24-9-4-2-5-10-24/h2-22H,1H3. The van der Waals surface area contributed by atoms with Gasteiger partial charge >= 0.3 is 5.63 Å². The van der Waals surface area contributed by atoms with E-state index in [0.29, 0.717) is 22.6 Å². The minimum absolute atomic E-state index is 0.359. The van der Waals surface area contributed by atoms with E-state index in [9.17, 15) is 4.79 Å². The van der Waals surface area contributed by atoms with Gasteiger partial charge in [0, 0.05) is 32.7 Å². The molecule has 0 N–H and O–H groups in total. The molecule has 3 aromatic heterocycles. The third-order valence-electron chi connectivity index (χ3n) is 7.28. The van der Waals surface area contributed by atoms with E-state index in [4.69, 9.17) is 19.2 Å². The van der Waals surface area contributed by atoms with E-state index in [1.807, 2.05) is 126 Å². The number of aromatic nitrogens is 3. The Balaban J connectivity index is 1.49. The quantitative estimate of drug-likeness (QED) is 0.173. The molecule has 6 nitrogen and oxygen atoms in total. The van der Waals surface area contributed by atoms with Crippen molar-refractivity contribution in [2.24, 2.45) is 0 Å². The van der Waals surface area contributed by atoms with Gasteiger partial charge in [-0.3, -0.25) is 0 Å². The van der Waals surface area contributed by atoms with Crippen molar-refractivity contribution < 1.29 is 9.15 Å². The SMILES string of the molecule is COc1cccc2cc(-c3cc(-c4cn(-c5ccccc5)nc4-c4ccccc4)cc(-c4ccc(Br)cc4)n3)c(=O)oc12. The van der Waals surface area contributed by atoms with Crippen LogP contribution >= 0.6 is 15.9 Å². The Labute approximate surface area is 256 Å². The second kappa shape index (κ2) is 11.2. The number of hydrogen-bond donors (Lipinski definition) is 0. The van der Waals surface area contributed by atoms with E-state index in [2.05, 4.69) is 15.9 Å². The topological polar surface area (TPSA) is 70.2 Å². The van der Waals surface area contributed by atoms with Gasteiger partial charge in [0.1, 0.15) is 5.69 Å². The molecular weight excluding hydrogens is 602 g/mol. The Bertz CT molecular complexity index is 2140. The lowest BCUT2D eigenvalue weighted by atomic mass is 9.98. The van der Waals surface area contributed by atoms with E-state index in [1.165, 1.54) is 0 Å². The summed E-state index contributed by atoms with van der Waals surface area (Å²) in [6, 6.07) is 39.3. The summed E-state index contributed by atoms with van der Waals surface area (Å²) in [5, 5.41) is 5.76. The number of rotatable bonds is 6. The van der Waals surface area contributed by atoms with Crippen LogP contribution in [0.2, 0.25) is 0 Å². The van der Waals surface area contributed by atoms with Crippen LogP contribution in [0.4, 0.5) is 0 Å². The second-order valence-corrected chi connectivity index (χ2v) is 10.9. The molecule has 0 saturated heterocycles. The first-order valence-corrected chi connectivity index (χ1v) is 14.5. The van der Waals surface area contributed by atoms with Crippen LogP contribution in [0.25, 0.3) is 61.6 Å². The molecule has 0 aliphatic heterocycles. The third-order valence-corrected chi connectivity index (χ3v) is 7.81. The summed E-state index contributed by atoms with van der Waals surface area (Å²) in [6.07, 6.45) is 2.02. The fourth-order valence-corrected chi connectivity index (χ4v) is 5.42. The van der Waals surface area contributed by atoms with Crippen LogP contribution in [0.3, 0.4) is 0 Å². The summed E-state index contributed by atoms with van der Waals surface area (Å²) in [5.74, 6) is 0.499. The number of pyridine rings is 1. The van der Waals surface area contributed by atoms with Gasteiger partial charge in [0.15, 0.2) is 11.3 Å². The molecule has 0 radical (unpaired) electrons. The molecule has 0 saturated carbocycles. The molecule has 43 heavy (non-hydrogen) atoms. The molecule has 7 heteroatoms. The molecule has 0 atom stereocenters. The highest BCUT2D eigenvalue weighted by Gasteiger charge is 2.19. The van der Waals surface area contributed by atoms with Crippen molar-refractivity contribution in [2.75, 3.05) is 7.11 Å². The molecule has 208 valence electrons. The van der Waals surface area contributed by atoms with E-state index in [-0.39, 0.29) is 0 Å². The van der Waals surface area contributed by atoms with E-state index in [1.54, 1.807) is 13.2 Å². The average molecular weight is 627 g/mol. The molecule has 0 aliphatic carbocycles. The number of methoxy groups -OCH3 is 1. The van der Waals surface area contributed by atoms with Gasteiger partial charge in [-0.15, -0.1) is 0 Å². The predicted octanol–water partition coefficient (Wildman–Crippen LogP) is 8.81. The normalized spacial score (nSPS) is 11.1. The Morgan fingerprint density at radius 3 is 2.19 bits per heavy atom. The maximum absolute atomic E-state index is 13.4. The Morgan fingerprint density at radius 2 is 1.44 bits per heavy atom. The summed E-state index contributed by atoms with van der Waals surface area (Å²) in [5.41, 5.74) is 6.91. The van der Waals surface area contributed by atoms with Crippen molar-refractivity contribution in [2.45, 2.75) is 0 Å². The van der Waals surface area contributed by atoms with Gasteiger partial charge in [0.25, 0.3) is 0 Å². The zero-order chi connectivity index (χ0) is 29.3. The fourth-order valence-electron chi connectivity index (χ4n) is 5.16. The van der Waals surface area contributed by atoms with Gasteiger partial charge in [0.2, 0.25) is 0 Å². The molecule has 0 spiro atoms. The van der Waals surface area contributed by atoms with E-state index >= 15 is 0 Å². The summed E-state index contributed by atoms with van der Waals surface area (Å²) >= 11 is 3.53. The number of halogens is 1. The zero-order valence-corrected chi connectivity index (χ0v) is 24.7. The lowest BCUT2D eigenvalue weighted by Gasteiger charge is -2.11. The molecule has 0 amide bonds. The number of para-hydroxylation sites is 2. The van der Waals surface area contributed by atoms with Gasteiger partial charge in [0.05, 0.1) is 29.7 Å². The van der Waals surface area contributed by atoms with Crippen molar-refractivity contribution in [3.8, 4) is 56.3 Å². The monoisotopic (exact) mass is 625 g/mol. The maximum Gasteiger partial charge on any atom is 0.345 e. The predicted molar refractivity (Wildman–Crippen MR) is 173 cm³/mol. The number of nitrogens with zero attached hydrogens (tertiary/aromatic N) is 3. The highest BCUT2D eigenvalue weighted by Crippen LogP contribution is 2.36. The van der Waals surface area contributed by atoms with Gasteiger partial charge in [-0.05, 0) is 54.1 Å². The molecule has 4 aromatic carbocycles. The molecular formula is C36H24BrN3O3. The smallest absolute Gasteiger partial charge is 0.345 e. The Morgan fingerprint density at radius 1 is 0.721 bits per heavy atom. The van der Waals surface area contributed by atoms with E-state index < -0.39 is 5.63 Å². The number of hydrogen-bond acceptors (Lipinski definition) is 5. The molecule has 0 aliphatic rings. The van der Waals surface area contributed by atoms with Crippen LogP contribution in [0.15, 0.2) is 141 Å². The van der Waals surface area contributed by atoms with Crippen LogP contribution in [-0.2, 0) is 0 Å². The van der Waals surface area contributed by atoms with Crippen LogP contribution in [-0.4, -0.2) is 21.9 Å². The number of ether oxygens (including phenoxy) is 1. The number of benzene rings is 4. The lowest BCUT2D eigenvalue weighted by Crippen LogP contribution is -2.05. The fraction of sp³-hybridized carbons (Fsp3) is 0.0278. The first-order chi connectivity index (χ1) is 21.1. The average Bonchev–Trinajstić information content (AvgIpc) is 3.51. The van der Waals surface area contributed by atoms with Crippen molar-refractivity contribution in [1.29, 1.82) is 0 Å². The molecule has 0 unspecified atom stereocenters. The molecule has 7 aromatic rings. The van der Waals surface area contributed by atoms with Gasteiger partial charge < -0.3 is 9.15 Å². The molecule has 0 bridgehead atoms. The second-order valence-electron chi connectivity index (χ2n) is 10.00. The van der Waals surface area contributed by atoms with Crippen molar-refractivity contribution >= 4 is 26.9 Å². The van der Waals surface area contributed by atoms with E-state index in [0.717, 1.165) is 49.2 Å². The van der Waals surface area contributed by atoms with Crippen LogP contribution < -0.4 is 10.4 Å². The summed E-state index contributed by atoms with van der Waals surface area (Å²) in [4.78, 5) is 18.4. The molecule has 7 rings (SSSR count). The van der Waals surface area contributed by atoms with Crippen molar-refractivity contribution in [3.05, 3.63) is 142 Å². The van der Waals surface area contributed by atoms with Gasteiger partial charge in [-0.25, -0.2) is 14.5 Å². The summed E-state index contributed by atoms with van der Waals surface area (Å²) in [6.45, 7) is 0. The highest BCUT2D eigenvalue weighted by atomic mass is 79.9. The van der Waals surface area contributed by atoms with Crippen molar-refractivity contribution in [3.63, 3.8) is 0 Å². The van der Waals surface area contributed by atoms with Crippen LogP contribution in [0.1, 0.15) is 0 Å². The summed E-state index contributed by atoms with van der Waals surface area (Å²) < 4.78 is 14.1. The lowest BCUT2D eigenvalue weighted by molar-refractivity contribution is 0.407. The van der Waals surface area contributed by atoms with Crippen molar-refractivity contribution in [1.82, 2.24) is 14.8 Å². The third kappa shape index (κ3) is 5.15. The Kier molecular flexibility index (Phi) is 6.93.